The standard InChI is InChI=1S/C26H34F4O/c1-3-5-18-6-11-20(12-7-18)21-13-8-19(9-14-21)10-15-22-16-17-23(31-4-2)25(27)24(22)26(28,29)30/h3,5,10,15-21H,4,6-9,11-14H2,1-2H3. The van der Waals surface area contributed by atoms with E-state index in [1.807, 2.05) is 6.08 Å². The fourth-order valence-corrected chi connectivity index (χ4v) is 5.40. The smallest absolute Gasteiger partial charge is 0.419 e. The molecule has 172 valence electrons. The normalized spacial score (nSPS) is 27.8. The van der Waals surface area contributed by atoms with Gasteiger partial charge in [0, 0.05) is 0 Å². The van der Waals surface area contributed by atoms with E-state index in [0.717, 1.165) is 43.4 Å². The van der Waals surface area contributed by atoms with Gasteiger partial charge in [-0.3, -0.25) is 0 Å². The van der Waals surface area contributed by atoms with Gasteiger partial charge in [-0.15, -0.1) is 0 Å². The van der Waals surface area contributed by atoms with Crippen LogP contribution >= 0.6 is 0 Å². The fourth-order valence-electron chi connectivity index (χ4n) is 5.40. The molecule has 5 heteroatoms. The zero-order chi connectivity index (χ0) is 22.4. The summed E-state index contributed by atoms with van der Waals surface area (Å²) in [5.41, 5.74) is -1.36. The summed E-state index contributed by atoms with van der Waals surface area (Å²) in [6.45, 7) is 3.81. The van der Waals surface area contributed by atoms with Gasteiger partial charge in [-0.25, -0.2) is 4.39 Å². The zero-order valence-corrected chi connectivity index (χ0v) is 18.6. The van der Waals surface area contributed by atoms with Crippen molar-refractivity contribution in [2.45, 2.75) is 71.4 Å². The molecule has 3 rings (SSSR count). The van der Waals surface area contributed by atoms with E-state index in [9.17, 15) is 17.6 Å². The van der Waals surface area contributed by atoms with Crippen LogP contribution in [0.25, 0.3) is 6.08 Å². The number of rotatable bonds is 6. The van der Waals surface area contributed by atoms with Gasteiger partial charge in [0.1, 0.15) is 5.56 Å². The molecular formula is C26H34F4O. The van der Waals surface area contributed by atoms with Crippen LogP contribution in [0.4, 0.5) is 17.6 Å². The molecule has 1 nitrogen and oxygen atoms in total. The lowest BCUT2D eigenvalue weighted by Gasteiger charge is -2.37. The summed E-state index contributed by atoms with van der Waals surface area (Å²) in [7, 11) is 0. The van der Waals surface area contributed by atoms with Crippen molar-refractivity contribution in [3.8, 4) is 5.75 Å². The average molecular weight is 439 g/mol. The van der Waals surface area contributed by atoms with Crippen molar-refractivity contribution in [2.75, 3.05) is 6.61 Å². The molecule has 2 aliphatic rings. The Hall–Kier alpha value is -1.78. The van der Waals surface area contributed by atoms with E-state index in [1.54, 1.807) is 6.92 Å². The highest BCUT2D eigenvalue weighted by atomic mass is 19.4. The largest absolute Gasteiger partial charge is 0.491 e. The summed E-state index contributed by atoms with van der Waals surface area (Å²) in [4.78, 5) is 0. The molecular weight excluding hydrogens is 404 g/mol. The maximum atomic E-state index is 14.4. The fraction of sp³-hybridized carbons (Fsp3) is 0.615. The summed E-state index contributed by atoms with van der Waals surface area (Å²) < 4.78 is 59.9. The molecule has 0 heterocycles. The van der Waals surface area contributed by atoms with Crippen LogP contribution in [0.15, 0.2) is 30.4 Å². The molecule has 0 unspecified atom stereocenters. The molecule has 2 aliphatic carbocycles. The van der Waals surface area contributed by atoms with Crippen molar-refractivity contribution in [3.63, 3.8) is 0 Å². The maximum Gasteiger partial charge on any atom is 0.419 e. The molecule has 0 radical (unpaired) electrons. The molecule has 0 aliphatic heterocycles. The zero-order valence-electron chi connectivity index (χ0n) is 18.6. The molecule has 0 saturated heterocycles. The molecule has 1 aromatic carbocycles. The minimum Gasteiger partial charge on any atom is -0.491 e. The number of halogens is 4. The first-order valence-corrected chi connectivity index (χ1v) is 11.7. The van der Waals surface area contributed by atoms with Crippen molar-refractivity contribution >= 4 is 6.08 Å². The van der Waals surface area contributed by atoms with E-state index in [-0.39, 0.29) is 23.8 Å². The summed E-state index contributed by atoms with van der Waals surface area (Å²) in [5, 5.41) is 0. The van der Waals surface area contributed by atoms with Gasteiger partial charge < -0.3 is 4.74 Å². The second kappa shape index (κ2) is 10.7. The average Bonchev–Trinajstić information content (AvgIpc) is 2.74. The van der Waals surface area contributed by atoms with Crippen molar-refractivity contribution in [3.05, 3.63) is 47.3 Å². The minimum absolute atomic E-state index is 0.115. The van der Waals surface area contributed by atoms with Crippen LogP contribution in [0.5, 0.6) is 5.75 Å². The van der Waals surface area contributed by atoms with Crippen molar-refractivity contribution in [2.24, 2.45) is 23.7 Å². The Morgan fingerprint density at radius 3 is 1.94 bits per heavy atom. The molecule has 0 atom stereocenters. The molecule has 1 aromatic rings. The second-order valence-electron chi connectivity index (χ2n) is 9.01. The van der Waals surface area contributed by atoms with E-state index in [4.69, 9.17) is 4.74 Å². The Morgan fingerprint density at radius 1 is 0.903 bits per heavy atom. The predicted molar refractivity (Wildman–Crippen MR) is 117 cm³/mol. The van der Waals surface area contributed by atoms with Crippen LogP contribution in [-0.2, 0) is 6.18 Å². The number of alkyl halides is 3. The molecule has 0 bridgehead atoms. The summed E-state index contributed by atoms with van der Waals surface area (Å²) in [6, 6.07) is 2.59. The summed E-state index contributed by atoms with van der Waals surface area (Å²) in [6.07, 6.45) is 12.4. The molecule has 31 heavy (non-hydrogen) atoms. The van der Waals surface area contributed by atoms with E-state index in [0.29, 0.717) is 0 Å². The molecule has 0 amide bonds. The van der Waals surface area contributed by atoms with E-state index in [2.05, 4.69) is 19.1 Å². The second-order valence-corrected chi connectivity index (χ2v) is 9.01. The van der Waals surface area contributed by atoms with Gasteiger partial charge in [0.15, 0.2) is 11.6 Å². The van der Waals surface area contributed by atoms with Gasteiger partial charge in [-0.1, -0.05) is 30.4 Å². The number of hydrogen-bond acceptors (Lipinski definition) is 1. The Morgan fingerprint density at radius 2 is 1.45 bits per heavy atom. The lowest BCUT2D eigenvalue weighted by atomic mass is 9.69. The number of ether oxygens (including phenoxy) is 1. The van der Waals surface area contributed by atoms with Crippen LogP contribution in [0.2, 0.25) is 0 Å². The molecule has 2 fully saturated rings. The van der Waals surface area contributed by atoms with Gasteiger partial charge >= 0.3 is 6.18 Å². The van der Waals surface area contributed by atoms with Crippen LogP contribution < -0.4 is 4.74 Å². The van der Waals surface area contributed by atoms with Crippen molar-refractivity contribution in [1.82, 2.24) is 0 Å². The highest BCUT2D eigenvalue weighted by Crippen LogP contribution is 2.43. The van der Waals surface area contributed by atoms with Gasteiger partial charge in [0.05, 0.1) is 6.61 Å². The Kier molecular flexibility index (Phi) is 8.23. The lowest BCUT2D eigenvalue weighted by molar-refractivity contribution is -0.140. The van der Waals surface area contributed by atoms with E-state index in [1.165, 1.54) is 43.9 Å². The predicted octanol–water partition coefficient (Wildman–Crippen LogP) is 8.45. The van der Waals surface area contributed by atoms with Gasteiger partial charge in [0.25, 0.3) is 0 Å². The number of hydrogen-bond donors (Lipinski definition) is 0. The first kappa shape index (κ1) is 23.9. The first-order valence-electron chi connectivity index (χ1n) is 11.7. The summed E-state index contributed by atoms with van der Waals surface area (Å²) in [5.74, 6) is 0.850. The Labute approximate surface area is 183 Å². The van der Waals surface area contributed by atoms with E-state index >= 15 is 0 Å². The third kappa shape index (κ3) is 6.14. The summed E-state index contributed by atoms with van der Waals surface area (Å²) >= 11 is 0. The number of allylic oxidation sites excluding steroid dienone is 3. The highest BCUT2D eigenvalue weighted by molar-refractivity contribution is 5.57. The Bertz CT molecular complexity index is 764. The number of benzene rings is 1. The third-order valence-corrected chi connectivity index (χ3v) is 7.03. The van der Waals surface area contributed by atoms with Gasteiger partial charge in [0.2, 0.25) is 0 Å². The van der Waals surface area contributed by atoms with Crippen LogP contribution in [0.1, 0.15) is 76.3 Å². The van der Waals surface area contributed by atoms with Crippen LogP contribution in [0.3, 0.4) is 0 Å². The van der Waals surface area contributed by atoms with E-state index < -0.39 is 17.6 Å². The van der Waals surface area contributed by atoms with Gasteiger partial charge in [-0.2, -0.15) is 13.2 Å². The van der Waals surface area contributed by atoms with Crippen molar-refractivity contribution < 1.29 is 22.3 Å². The van der Waals surface area contributed by atoms with Crippen molar-refractivity contribution in [1.29, 1.82) is 0 Å². The molecule has 2 saturated carbocycles. The Balaban J connectivity index is 1.61. The van der Waals surface area contributed by atoms with Crippen LogP contribution in [-0.4, -0.2) is 6.61 Å². The lowest BCUT2D eigenvalue weighted by Crippen LogP contribution is -2.25. The molecule has 0 spiro atoms. The highest BCUT2D eigenvalue weighted by Gasteiger charge is 2.38. The minimum atomic E-state index is -4.76. The third-order valence-electron chi connectivity index (χ3n) is 7.03. The SMILES string of the molecule is CC=CC1CCC(C2CCC(C=Cc3ccc(OCC)c(F)c3C(F)(F)F)CC2)CC1. The molecule has 0 aromatic heterocycles. The topological polar surface area (TPSA) is 9.23 Å². The maximum absolute atomic E-state index is 14.4. The monoisotopic (exact) mass is 438 g/mol. The van der Waals surface area contributed by atoms with Gasteiger partial charge in [-0.05, 0) is 101 Å². The quantitative estimate of drug-likeness (QED) is 0.320. The molecule has 0 N–H and O–H groups in total. The first-order chi connectivity index (χ1) is 14.8. The van der Waals surface area contributed by atoms with Crippen LogP contribution in [0, 0.1) is 29.5 Å².